The van der Waals surface area contributed by atoms with Crippen molar-refractivity contribution in [1.82, 2.24) is 4.98 Å². The molecule has 1 aromatic heterocycles. The number of hydrogen-bond acceptors (Lipinski definition) is 6. The van der Waals surface area contributed by atoms with Crippen LogP contribution in [0.25, 0.3) is 0 Å². The molecule has 0 atom stereocenters. The van der Waals surface area contributed by atoms with Crippen LogP contribution >= 0.6 is 0 Å². The van der Waals surface area contributed by atoms with E-state index >= 15 is 0 Å². The number of nitro groups is 1. The highest BCUT2D eigenvalue weighted by Gasteiger charge is 2.15. The molecule has 0 radical (unpaired) electrons. The lowest BCUT2D eigenvalue weighted by molar-refractivity contribution is -0.384. The Labute approximate surface area is 95.5 Å². The molecular weight excluding hydrogens is 224 g/mol. The molecule has 86 valence electrons. The summed E-state index contributed by atoms with van der Waals surface area (Å²) in [5, 5.41) is 18.5. The van der Waals surface area contributed by atoms with Crippen LogP contribution < -0.4 is 5.73 Å². The first kappa shape index (κ1) is 10.8. The van der Waals surface area contributed by atoms with Gasteiger partial charge in [-0.1, -0.05) is 0 Å². The largest absolute Gasteiger partial charge is 0.442 e. The van der Waals surface area contributed by atoms with Crippen molar-refractivity contribution in [3.05, 3.63) is 52.2 Å². The standard InChI is InChI=1S/C10H8N4O3/c11-8-2-1-6(14(15)16)3-7(8)10(12)9-4-13-5-17-9/h1-5,12H,11H2. The molecule has 1 aromatic carbocycles. The normalized spacial score (nSPS) is 10.1. The number of non-ortho nitro benzene ring substituents is 1. The molecule has 0 aliphatic heterocycles. The number of anilines is 1. The Morgan fingerprint density at radius 2 is 2.29 bits per heavy atom. The highest BCUT2D eigenvalue weighted by Crippen LogP contribution is 2.22. The lowest BCUT2D eigenvalue weighted by atomic mass is 10.1. The van der Waals surface area contributed by atoms with Gasteiger partial charge in [0.25, 0.3) is 5.69 Å². The van der Waals surface area contributed by atoms with Crippen molar-refractivity contribution in [2.45, 2.75) is 0 Å². The number of rotatable bonds is 3. The summed E-state index contributed by atoms with van der Waals surface area (Å²) in [7, 11) is 0. The predicted molar refractivity (Wildman–Crippen MR) is 59.9 cm³/mol. The zero-order chi connectivity index (χ0) is 12.4. The molecule has 7 nitrogen and oxygen atoms in total. The summed E-state index contributed by atoms with van der Waals surface area (Å²) in [4.78, 5) is 13.8. The Bertz CT molecular complexity index is 577. The minimum Gasteiger partial charge on any atom is -0.442 e. The zero-order valence-electron chi connectivity index (χ0n) is 8.58. The number of hydrogen-bond donors (Lipinski definition) is 2. The molecular formula is C10H8N4O3. The number of aromatic nitrogens is 1. The third-order valence-electron chi connectivity index (χ3n) is 2.20. The monoisotopic (exact) mass is 232 g/mol. The highest BCUT2D eigenvalue weighted by molar-refractivity contribution is 6.12. The second kappa shape index (κ2) is 4.05. The highest BCUT2D eigenvalue weighted by atomic mass is 16.6. The number of nitrogens with two attached hydrogens (primary N) is 1. The van der Waals surface area contributed by atoms with Gasteiger partial charge in [-0.25, -0.2) is 4.98 Å². The molecule has 3 N–H and O–H groups in total. The van der Waals surface area contributed by atoms with E-state index < -0.39 is 4.92 Å². The SMILES string of the molecule is N=C(c1cnco1)c1cc([N+](=O)[O-])ccc1N. The van der Waals surface area contributed by atoms with Gasteiger partial charge >= 0.3 is 0 Å². The summed E-state index contributed by atoms with van der Waals surface area (Å²) in [5.41, 5.74) is 6.03. The van der Waals surface area contributed by atoms with Crippen molar-refractivity contribution in [2.75, 3.05) is 5.73 Å². The molecule has 7 heteroatoms. The van der Waals surface area contributed by atoms with Crippen LogP contribution in [0.1, 0.15) is 11.3 Å². The van der Waals surface area contributed by atoms with Crippen molar-refractivity contribution in [1.29, 1.82) is 5.41 Å². The van der Waals surface area contributed by atoms with Crippen molar-refractivity contribution >= 4 is 17.1 Å². The zero-order valence-corrected chi connectivity index (χ0v) is 8.58. The molecule has 0 unspecified atom stereocenters. The van der Waals surface area contributed by atoms with Crippen LogP contribution in [0.4, 0.5) is 11.4 Å². The lowest BCUT2D eigenvalue weighted by Crippen LogP contribution is -2.05. The van der Waals surface area contributed by atoms with Crippen molar-refractivity contribution in [3.8, 4) is 0 Å². The maximum atomic E-state index is 10.6. The topological polar surface area (TPSA) is 119 Å². The molecule has 0 amide bonds. The van der Waals surface area contributed by atoms with Crippen LogP contribution in [0.2, 0.25) is 0 Å². The first-order valence-electron chi connectivity index (χ1n) is 4.61. The molecule has 0 saturated carbocycles. The van der Waals surface area contributed by atoms with E-state index in [2.05, 4.69) is 4.98 Å². The molecule has 2 aromatic rings. The smallest absolute Gasteiger partial charge is 0.270 e. The van der Waals surface area contributed by atoms with Crippen molar-refractivity contribution in [2.24, 2.45) is 0 Å². The maximum absolute atomic E-state index is 10.6. The van der Waals surface area contributed by atoms with Gasteiger partial charge in [0.05, 0.1) is 11.1 Å². The molecule has 2 rings (SSSR count). The van der Waals surface area contributed by atoms with Crippen LogP contribution in [0.5, 0.6) is 0 Å². The van der Waals surface area contributed by atoms with E-state index in [1.807, 2.05) is 0 Å². The van der Waals surface area contributed by atoms with E-state index in [1.165, 1.54) is 30.8 Å². The predicted octanol–water partition coefficient (Wildman–Crippen LogP) is 1.58. The van der Waals surface area contributed by atoms with Crippen LogP contribution in [-0.2, 0) is 0 Å². The number of nitrogens with zero attached hydrogens (tertiary/aromatic N) is 2. The van der Waals surface area contributed by atoms with Gasteiger partial charge in [-0.3, -0.25) is 15.5 Å². The van der Waals surface area contributed by atoms with Gasteiger partial charge in [0, 0.05) is 23.4 Å². The summed E-state index contributed by atoms with van der Waals surface area (Å²) >= 11 is 0. The number of oxazole rings is 1. The minimum atomic E-state index is -0.545. The summed E-state index contributed by atoms with van der Waals surface area (Å²) < 4.78 is 4.94. The fraction of sp³-hybridized carbons (Fsp3) is 0. The lowest BCUT2D eigenvalue weighted by Gasteiger charge is -2.04. The summed E-state index contributed by atoms with van der Waals surface area (Å²) in [6, 6.07) is 3.91. The Hall–Kier alpha value is -2.70. The summed E-state index contributed by atoms with van der Waals surface area (Å²) in [6.45, 7) is 0. The molecule has 0 spiro atoms. The second-order valence-electron chi connectivity index (χ2n) is 3.27. The van der Waals surface area contributed by atoms with E-state index in [9.17, 15) is 10.1 Å². The van der Waals surface area contributed by atoms with Crippen molar-refractivity contribution in [3.63, 3.8) is 0 Å². The number of benzene rings is 1. The van der Waals surface area contributed by atoms with Gasteiger partial charge in [0.1, 0.15) is 5.71 Å². The quantitative estimate of drug-likeness (QED) is 0.360. The fourth-order valence-corrected chi connectivity index (χ4v) is 1.35. The van der Waals surface area contributed by atoms with Gasteiger partial charge < -0.3 is 10.2 Å². The molecule has 0 bridgehead atoms. The van der Waals surface area contributed by atoms with Gasteiger partial charge in [-0.15, -0.1) is 0 Å². The number of nitrogen functional groups attached to an aromatic ring is 1. The Morgan fingerprint density at radius 1 is 1.53 bits per heavy atom. The molecule has 17 heavy (non-hydrogen) atoms. The van der Waals surface area contributed by atoms with Gasteiger partial charge in [0.15, 0.2) is 12.2 Å². The van der Waals surface area contributed by atoms with Crippen LogP contribution in [0.15, 0.2) is 35.2 Å². The third-order valence-corrected chi connectivity index (χ3v) is 2.20. The first-order chi connectivity index (χ1) is 8.09. The number of nitrogens with one attached hydrogen (secondary N) is 1. The van der Waals surface area contributed by atoms with Crippen molar-refractivity contribution < 1.29 is 9.34 Å². The van der Waals surface area contributed by atoms with Crippen LogP contribution in [0, 0.1) is 15.5 Å². The number of nitro benzene ring substituents is 1. The Morgan fingerprint density at radius 3 is 2.88 bits per heavy atom. The van der Waals surface area contributed by atoms with Gasteiger partial charge in [-0.2, -0.15) is 0 Å². The molecule has 0 fully saturated rings. The summed E-state index contributed by atoms with van der Waals surface area (Å²) in [5.74, 6) is 0.206. The molecule has 0 aliphatic carbocycles. The Balaban J connectivity index is 2.48. The summed E-state index contributed by atoms with van der Waals surface area (Å²) in [6.07, 6.45) is 2.53. The van der Waals surface area contributed by atoms with E-state index in [-0.39, 0.29) is 28.4 Å². The fourth-order valence-electron chi connectivity index (χ4n) is 1.35. The van der Waals surface area contributed by atoms with Gasteiger partial charge in [-0.05, 0) is 6.07 Å². The van der Waals surface area contributed by atoms with Crippen LogP contribution in [-0.4, -0.2) is 15.6 Å². The third kappa shape index (κ3) is 1.98. The van der Waals surface area contributed by atoms with Crippen LogP contribution in [0.3, 0.4) is 0 Å². The minimum absolute atomic E-state index is 0.0382. The van der Waals surface area contributed by atoms with E-state index in [0.29, 0.717) is 0 Å². The van der Waals surface area contributed by atoms with E-state index in [4.69, 9.17) is 15.6 Å². The Kier molecular flexibility index (Phi) is 2.57. The first-order valence-corrected chi connectivity index (χ1v) is 4.61. The second-order valence-corrected chi connectivity index (χ2v) is 3.27. The molecule has 0 saturated heterocycles. The maximum Gasteiger partial charge on any atom is 0.270 e. The average molecular weight is 232 g/mol. The van der Waals surface area contributed by atoms with E-state index in [1.54, 1.807) is 0 Å². The molecule has 1 heterocycles. The average Bonchev–Trinajstić information content (AvgIpc) is 2.81. The van der Waals surface area contributed by atoms with Gasteiger partial charge in [0.2, 0.25) is 0 Å². The van der Waals surface area contributed by atoms with E-state index in [0.717, 1.165) is 0 Å². The molecule has 0 aliphatic rings.